The lowest BCUT2D eigenvalue weighted by Gasteiger charge is -2.04. The summed E-state index contributed by atoms with van der Waals surface area (Å²) in [5, 5.41) is 1.10. The summed E-state index contributed by atoms with van der Waals surface area (Å²) in [6.45, 7) is 3.73. The van der Waals surface area contributed by atoms with E-state index >= 15 is 0 Å². The Labute approximate surface area is 89.6 Å². The minimum absolute atomic E-state index is 0.0242. The van der Waals surface area contributed by atoms with Crippen molar-refractivity contribution < 1.29 is 4.79 Å². The molecule has 73 valence electrons. The van der Waals surface area contributed by atoms with Crippen molar-refractivity contribution in [2.24, 2.45) is 0 Å². The number of hydrogen-bond acceptors (Lipinski definition) is 2. The normalized spacial score (nSPS) is 10.3. The molecule has 2 aromatic rings. The monoisotopic (exact) mass is 196 g/mol. The molecule has 0 saturated carbocycles. The van der Waals surface area contributed by atoms with Crippen LogP contribution in [0.15, 0.2) is 30.3 Å². The molecule has 1 radical (unpaired) electrons. The van der Waals surface area contributed by atoms with E-state index in [1.54, 1.807) is 6.82 Å². The molecule has 1 aromatic carbocycles. The zero-order valence-electron chi connectivity index (χ0n) is 8.82. The third-order valence-corrected chi connectivity index (χ3v) is 2.44. The maximum Gasteiger partial charge on any atom is 0.208 e. The SMILES string of the molecule is C[B]C(=O)c1cc(C)c2ccccc2n1. The lowest BCUT2D eigenvalue weighted by molar-refractivity contribution is 0.107. The third-order valence-electron chi connectivity index (χ3n) is 2.44. The van der Waals surface area contributed by atoms with Crippen LogP contribution in [0, 0.1) is 6.92 Å². The number of aromatic nitrogens is 1. The summed E-state index contributed by atoms with van der Waals surface area (Å²) < 4.78 is 0. The van der Waals surface area contributed by atoms with Crippen LogP contribution in [-0.2, 0) is 0 Å². The second-order valence-electron chi connectivity index (χ2n) is 3.49. The number of pyridine rings is 1. The lowest BCUT2D eigenvalue weighted by Crippen LogP contribution is -2.08. The summed E-state index contributed by atoms with van der Waals surface area (Å²) in [4.78, 5) is 15.8. The van der Waals surface area contributed by atoms with Crippen LogP contribution in [0.5, 0.6) is 0 Å². The van der Waals surface area contributed by atoms with Crippen molar-refractivity contribution in [1.29, 1.82) is 0 Å². The Morgan fingerprint density at radius 3 is 2.80 bits per heavy atom. The maximum atomic E-state index is 11.5. The first-order valence-corrected chi connectivity index (χ1v) is 4.92. The van der Waals surface area contributed by atoms with Crippen LogP contribution >= 0.6 is 0 Å². The number of carbonyl (C=O) groups excluding carboxylic acids is 1. The Balaban J connectivity index is 2.67. The van der Waals surface area contributed by atoms with Gasteiger partial charge in [0, 0.05) is 5.39 Å². The van der Waals surface area contributed by atoms with Crippen molar-refractivity contribution >= 4 is 23.9 Å². The Morgan fingerprint density at radius 2 is 2.07 bits per heavy atom. The molecule has 0 N–H and O–H groups in total. The van der Waals surface area contributed by atoms with Gasteiger partial charge in [0.1, 0.15) is 5.68 Å². The van der Waals surface area contributed by atoms with Crippen LogP contribution in [0.3, 0.4) is 0 Å². The maximum absolute atomic E-state index is 11.5. The van der Waals surface area contributed by atoms with E-state index in [1.165, 1.54) is 7.28 Å². The van der Waals surface area contributed by atoms with Gasteiger partial charge >= 0.3 is 0 Å². The predicted octanol–water partition coefficient (Wildman–Crippen LogP) is 2.44. The second kappa shape index (κ2) is 3.85. The van der Waals surface area contributed by atoms with Gasteiger partial charge in [0.05, 0.1) is 11.2 Å². The highest BCUT2D eigenvalue weighted by Gasteiger charge is 2.08. The number of hydrogen-bond donors (Lipinski definition) is 0. The number of carbonyl (C=O) groups is 1. The fourth-order valence-corrected chi connectivity index (χ4v) is 1.62. The molecule has 3 heteroatoms. The molecule has 0 aliphatic rings. The topological polar surface area (TPSA) is 30.0 Å². The van der Waals surface area contributed by atoms with Gasteiger partial charge in [-0.3, -0.25) is 0 Å². The molecule has 2 rings (SSSR count). The highest BCUT2D eigenvalue weighted by atomic mass is 16.1. The highest BCUT2D eigenvalue weighted by Crippen LogP contribution is 2.17. The van der Waals surface area contributed by atoms with Crippen LogP contribution in [0.4, 0.5) is 0 Å². The number of para-hydroxylation sites is 1. The van der Waals surface area contributed by atoms with E-state index < -0.39 is 0 Å². The summed E-state index contributed by atoms with van der Waals surface area (Å²) in [7, 11) is 1.54. The summed E-state index contributed by atoms with van der Waals surface area (Å²) in [6.07, 6.45) is 0. The van der Waals surface area contributed by atoms with E-state index in [4.69, 9.17) is 0 Å². The van der Waals surface area contributed by atoms with Crippen molar-refractivity contribution in [2.75, 3.05) is 0 Å². The van der Waals surface area contributed by atoms with Crippen LogP contribution < -0.4 is 0 Å². The van der Waals surface area contributed by atoms with E-state index in [2.05, 4.69) is 4.98 Å². The molecule has 0 aliphatic carbocycles. The lowest BCUT2D eigenvalue weighted by atomic mass is 9.75. The summed E-state index contributed by atoms with van der Waals surface area (Å²) in [5.74, 6) is 0. The summed E-state index contributed by atoms with van der Waals surface area (Å²) >= 11 is 0. The summed E-state index contributed by atoms with van der Waals surface area (Å²) in [6, 6.07) is 9.68. The van der Waals surface area contributed by atoms with Gasteiger partial charge in [0.2, 0.25) is 7.28 Å². The van der Waals surface area contributed by atoms with E-state index in [-0.39, 0.29) is 5.68 Å². The zero-order valence-corrected chi connectivity index (χ0v) is 8.82. The van der Waals surface area contributed by atoms with Gasteiger partial charge in [-0.05, 0) is 24.6 Å². The molecule has 0 fully saturated rings. The molecular weight excluding hydrogens is 185 g/mol. The largest absolute Gasteiger partial charge is 0.305 e. The number of nitrogens with zero attached hydrogens (tertiary/aromatic N) is 1. The molecule has 15 heavy (non-hydrogen) atoms. The Kier molecular flexibility index (Phi) is 2.54. The molecule has 0 bridgehead atoms. The van der Waals surface area contributed by atoms with Crippen molar-refractivity contribution in [3.8, 4) is 0 Å². The molecule has 0 unspecified atom stereocenters. The first kappa shape index (κ1) is 9.90. The van der Waals surface area contributed by atoms with Crippen LogP contribution in [0.2, 0.25) is 6.82 Å². The molecule has 1 aromatic heterocycles. The highest BCUT2D eigenvalue weighted by molar-refractivity contribution is 6.76. The van der Waals surface area contributed by atoms with Crippen molar-refractivity contribution in [1.82, 2.24) is 4.98 Å². The molecule has 0 saturated heterocycles. The minimum atomic E-state index is -0.0242. The molecule has 1 heterocycles. The molecular formula is C12H11BNO. The fourth-order valence-electron chi connectivity index (χ4n) is 1.62. The first-order chi connectivity index (χ1) is 7.22. The minimum Gasteiger partial charge on any atom is -0.305 e. The average molecular weight is 196 g/mol. The summed E-state index contributed by atoms with van der Waals surface area (Å²) in [5.41, 5.74) is 2.46. The van der Waals surface area contributed by atoms with E-state index in [0.29, 0.717) is 5.69 Å². The molecule has 0 amide bonds. The number of aryl methyl sites for hydroxylation is 1. The fraction of sp³-hybridized carbons (Fsp3) is 0.167. The van der Waals surface area contributed by atoms with Gasteiger partial charge in [-0.1, -0.05) is 25.0 Å². The van der Waals surface area contributed by atoms with Gasteiger partial charge in [-0.25, -0.2) is 4.98 Å². The quantitative estimate of drug-likeness (QED) is 0.690. The Bertz CT molecular complexity index is 522. The van der Waals surface area contributed by atoms with E-state index in [1.807, 2.05) is 37.3 Å². The third kappa shape index (κ3) is 1.77. The van der Waals surface area contributed by atoms with Gasteiger partial charge in [-0.2, -0.15) is 0 Å². The first-order valence-electron chi connectivity index (χ1n) is 4.92. The molecule has 0 spiro atoms. The Morgan fingerprint density at radius 1 is 1.33 bits per heavy atom. The van der Waals surface area contributed by atoms with Crippen LogP contribution in [0.1, 0.15) is 16.1 Å². The predicted molar refractivity (Wildman–Crippen MR) is 62.4 cm³/mol. The molecule has 0 atom stereocenters. The molecule has 2 nitrogen and oxygen atoms in total. The smallest absolute Gasteiger partial charge is 0.208 e. The van der Waals surface area contributed by atoms with Crippen molar-refractivity contribution in [3.63, 3.8) is 0 Å². The van der Waals surface area contributed by atoms with Gasteiger partial charge in [0.15, 0.2) is 0 Å². The van der Waals surface area contributed by atoms with Gasteiger partial charge in [0.25, 0.3) is 0 Å². The molecule has 0 aliphatic heterocycles. The average Bonchev–Trinajstić information content (AvgIpc) is 2.28. The number of fused-ring (bicyclic) bond motifs is 1. The van der Waals surface area contributed by atoms with Crippen molar-refractivity contribution in [2.45, 2.75) is 13.7 Å². The van der Waals surface area contributed by atoms with Gasteiger partial charge in [-0.15, -0.1) is 0 Å². The number of rotatable bonds is 2. The second-order valence-corrected chi connectivity index (χ2v) is 3.49. The Hall–Kier alpha value is -1.64. The van der Waals surface area contributed by atoms with E-state index in [9.17, 15) is 4.79 Å². The zero-order chi connectivity index (χ0) is 10.8. The van der Waals surface area contributed by atoms with E-state index in [0.717, 1.165) is 16.5 Å². The van der Waals surface area contributed by atoms with Crippen LogP contribution in [-0.4, -0.2) is 17.9 Å². The number of benzene rings is 1. The standard InChI is InChI=1S/C12H11BNO/c1-8-7-11(12(15)13-2)14-10-6-4-3-5-9(8)10/h3-7H,1-2H3. The van der Waals surface area contributed by atoms with Crippen LogP contribution in [0.25, 0.3) is 10.9 Å². The van der Waals surface area contributed by atoms with Gasteiger partial charge < -0.3 is 4.79 Å². The van der Waals surface area contributed by atoms with Crippen molar-refractivity contribution in [3.05, 3.63) is 41.6 Å².